The van der Waals surface area contributed by atoms with Gasteiger partial charge in [0, 0.05) is 23.0 Å². The zero-order valence-electron chi connectivity index (χ0n) is 14.0. The highest BCUT2D eigenvalue weighted by Gasteiger charge is 2.24. The molecule has 0 spiro atoms. The second-order valence-electron chi connectivity index (χ2n) is 6.11. The van der Waals surface area contributed by atoms with Gasteiger partial charge >= 0.3 is 0 Å². The average molecular weight is 314 g/mol. The molecule has 1 amide bonds. The highest BCUT2D eigenvalue weighted by atomic mass is 16.6. The molecule has 5 heteroatoms. The summed E-state index contributed by atoms with van der Waals surface area (Å²) in [5.74, 6) is 1.03. The standard InChI is InChI=1S/C18H22N2O3/c1-10(2)20-11(3)16(17(12(20)4)18(19)21)13-5-6-14-15(9-13)23-8-7-22-14/h5-6,9-10H,7-8H2,1-4H3,(H2,19,21). The fourth-order valence-electron chi connectivity index (χ4n) is 3.48. The minimum Gasteiger partial charge on any atom is -0.486 e. The molecule has 5 nitrogen and oxygen atoms in total. The van der Waals surface area contributed by atoms with Gasteiger partial charge in [0.1, 0.15) is 13.2 Å². The Balaban J connectivity index is 2.23. The molecular weight excluding hydrogens is 292 g/mol. The predicted octanol–water partition coefficient (Wildman–Crippen LogP) is 3.22. The Morgan fingerprint density at radius 1 is 1.13 bits per heavy atom. The maximum Gasteiger partial charge on any atom is 0.251 e. The fourth-order valence-corrected chi connectivity index (χ4v) is 3.48. The number of ether oxygens (including phenoxy) is 2. The molecule has 2 heterocycles. The zero-order valence-corrected chi connectivity index (χ0v) is 14.0. The lowest BCUT2D eigenvalue weighted by Crippen LogP contribution is -2.15. The number of rotatable bonds is 3. The van der Waals surface area contributed by atoms with Gasteiger partial charge in [0.25, 0.3) is 5.91 Å². The van der Waals surface area contributed by atoms with Crippen LogP contribution in [0.5, 0.6) is 11.5 Å². The van der Waals surface area contributed by atoms with Crippen LogP contribution in [0.15, 0.2) is 18.2 Å². The summed E-state index contributed by atoms with van der Waals surface area (Å²) in [6.07, 6.45) is 0. The van der Waals surface area contributed by atoms with E-state index in [0.717, 1.165) is 28.3 Å². The summed E-state index contributed by atoms with van der Waals surface area (Å²) in [6, 6.07) is 6.01. The first-order chi connectivity index (χ1) is 10.9. The van der Waals surface area contributed by atoms with Gasteiger partial charge in [-0.15, -0.1) is 0 Å². The average Bonchev–Trinajstić information content (AvgIpc) is 2.77. The third-order valence-electron chi connectivity index (χ3n) is 4.29. The van der Waals surface area contributed by atoms with Crippen molar-refractivity contribution in [3.63, 3.8) is 0 Å². The van der Waals surface area contributed by atoms with E-state index in [4.69, 9.17) is 15.2 Å². The topological polar surface area (TPSA) is 66.5 Å². The van der Waals surface area contributed by atoms with Crippen LogP contribution in [0.1, 0.15) is 41.6 Å². The number of hydrogen-bond acceptors (Lipinski definition) is 3. The quantitative estimate of drug-likeness (QED) is 0.946. The number of benzene rings is 1. The maximum absolute atomic E-state index is 12.0. The summed E-state index contributed by atoms with van der Waals surface area (Å²) in [4.78, 5) is 12.0. The summed E-state index contributed by atoms with van der Waals surface area (Å²) in [7, 11) is 0. The molecule has 0 radical (unpaired) electrons. The molecule has 1 aromatic carbocycles. The highest BCUT2D eigenvalue weighted by Crippen LogP contribution is 2.39. The SMILES string of the molecule is Cc1c(C(N)=O)c(-c2ccc3c(c2)OCCO3)c(C)n1C(C)C. The van der Waals surface area contributed by atoms with Crippen molar-refractivity contribution in [2.24, 2.45) is 5.73 Å². The largest absolute Gasteiger partial charge is 0.486 e. The van der Waals surface area contributed by atoms with Crippen LogP contribution in [-0.2, 0) is 0 Å². The van der Waals surface area contributed by atoms with Crippen LogP contribution < -0.4 is 15.2 Å². The molecule has 23 heavy (non-hydrogen) atoms. The summed E-state index contributed by atoms with van der Waals surface area (Å²) >= 11 is 0. The van der Waals surface area contributed by atoms with Crippen molar-refractivity contribution in [2.75, 3.05) is 13.2 Å². The van der Waals surface area contributed by atoms with Crippen molar-refractivity contribution in [1.82, 2.24) is 4.57 Å². The Morgan fingerprint density at radius 2 is 1.78 bits per heavy atom. The number of hydrogen-bond donors (Lipinski definition) is 1. The third kappa shape index (κ3) is 2.46. The lowest BCUT2D eigenvalue weighted by atomic mass is 9.99. The van der Waals surface area contributed by atoms with Gasteiger partial charge in [-0.2, -0.15) is 0 Å². The van der Waals surface area contributed by atoms with E-state index in [1.165, 1.54) is 0 Å². The minimum atomic E-state index is -0.408. The fraction of sp³-hybridized carbons (Fsp3) is 0.389. The number of fused-ring (bicyclic) bond motifs is 1. The van der Waals surface area contributed by atoms with E-state index in [1.54, 1.807) is 0 Å². The van der Waals surface area contributed by atoms with Gasteiger partial charge in [0.2, 0.25) is 0 Å². The number of nitrogens with two attached hydrogens (primary N) is 1. The van der Waals surface area contributed by atoms with Gasteiger partial charge in [-0.1, -0.05) is 6.07 Å². The van der Waals surface area contributed by atoms with Gasteiger partial charge in [0.15, 0.2) is 11.5 Å². The highest BCUT2D eigenvalue weighted by molar-refractivity contribution is 6.02. The predicted molar refractivity (Wildman–Crippen MR) is 89.2 cm³/mol. The first-order valence-corrected chi connectivity index (χ1v) is 7.83. The molecule has 0 unspecified atom stereocenters. The minimum absolute atomic E-state index is 0.249. The zero-order chi connectivity index (χ0) is 16.7. The normalized spacial score (nSPS) is 13.4. The Kier molecular flexibility index (Phi) is 3.80. The maximum atomic E-state index is 12.0. The molecule has 0 aliphatic carbocycles. The van der Waals surface area contributed by atoms with Gasteiger partial charge in [-0.05, 0) is 45.4 Å². The Labute approximate surface area is 136 Å². The second kappa shape index (κ2) is 5.65. The molecule has 0 atom stereocenters. The number of aromatic nitrogens is 1. The molecule has 0 bridgehead atoms. The number of nitrogens with zero attached hydrogens (tertiary/aromatic N) is 1. The smallest absolute Gasteiger partial charge is 0.251 e. The number of carbonyl (C=O) groups is 1. The molecule has 2 N–H and O–H groups in total. The van der Waals surface area contributed by atoms with E-state index >= 15 is 0 Å². The Hall–Kier alpha value is -2.43. The first kappa shape index (κ1) is 15.5. The van der Waals surface area contributed by atoms with Crippen LogP contribution in [0.2, 0.25) is 0 Å². The Morgan fingerprint density at radius 3 is 2.39 bits per heavy atom. The summed E-state index contributed by atoms with van der Waals surface area (Å²) in [5.41, 5.74) is 9.97. The summed E-state index contributed by atoms with van der Waals surface area (Å²) in [5, 5.41) is 0. The van der Waals surface area contributed by atoms with Crippen LogP contribution >= 0.6 is 0 Å². The van der Waals surface area contributed by atoms with Crippen molar-refractivity contribution >= 4 is 5.91 Å². The van der Waals surface area contributed by atoms with E-state index in [0.29, 0.717) is 24.5 Å². The van der Waals surface area contributed by atoms with E-state index in [1.807, 2.05) is 32.0 Å². The van der Waals surface area contributed by atoms with Crippen molar-refractivity contribution in [1.29, 1.82) is 0 Å². The van der Waals surface area contributed by atoms with Crippen molar-refractivity contribution in [3.05, 3.63) is 35.2 Å². The van der Waals surface area contributed by atoms with E-state index in [-0.39, 0.29) is 6.04 Å². The van der Waals surface area contributed by atoms with Crippen LogP contribution in [0.4, 0.5) is 0 Å². The van der Waals surface area contributed by atoms with Gasteiger partial charge in [-0.25, -0.2) is 0 Å². The molecule has 3 rings (SSSR count). The van der Waals surface area contributed by atoms with Gasteiger partial charge in [-0.3, -0.25) is 4.79 Å². The van der Waals surface area contributed by atoms with Crippen LogP contribution in [0, 0.1) is 13.8 Å². The lowest BCUT2D eigenvalue weighted by molar-refractivity contribution is 0.1000. The van der Waals surface area contributed by atoms with Gasteiger partial charge in [0.05, 0.1) is 5.56 Å². The van der Waals surface area contributed by atoms with E-state index < -0.39 is 5.91 Å². The van der Waals surface area contributed by atoms with Crippen molar-refractivity contribution in [3.8, 4) is 22.6 Å². The number of amides is 1. The summed E-state index contributed by atoms with van der Waals surface area (Å²) in [6.45, 7) is 9.24. The van der Waals surface area contributed by atoms with Gasteiger partial charge < -0.3 is 19.8 Å². The van der Waals surface area contributed by atoms with Crippen LogP contribution in [0.25, 0.3) is 11.1 Å². The second-order valence-corrected chi connectivity index (χ2v) is 6.11. The van der Waals surface area contributed by atoms with Crippen LogP contribution in [0.3, 0.4) is 0 Å². The molecular formula is C18H22N2O3. The third-order valence-corrected chi connectivity index (χ3v) is 4.29. The first-order valence-electron chi connectivity index (χ1n) is 7.83. The molecule has 1 aromatic heterocycles. The summed E-state index contributed by atoms with van der Waals surface area (Å²) < 4.78 is 13.4. The lowest BCUT2D eigenvalue weighted by Gasteiger charge is -2.19. The molecule has 0 saturated carbocycles. The monoisotopic (exact) mass is 314 g/mol. The Bertz CT molecular complexity index is 775. The molecule has 122 valence electrons. The van der Waals surface area contributed by atoms with E-state index in [9.17, 15) is 4.79 Å². The molecule has 2 aromatic rings. The molecule has 1 aliphatic rings. The van der Waals surface area contributed by atoms with E-state index in [2.05, 4.69) is 18.4 Å². The van der Waals surface area contributed by atoms with Crippen molar-refractivity contribution < 1.29 is 14.3 Å². The number of carbonyl (C=O) groups excluding carboxylic acids is 1. The number of primary amides is 1. The van der Waals surface area contributed by atoms with Crippen molar-refractivity contribution in [2.45, 2.75) is 33.7 Å². The molecule has 0 fully saturated rings. The van der Waals surface area contributed by atoms with Crippen LogP contribution in [-0.4, -0.2) is 23.7 Å². The molecule has 0 saturated heterocycles. The molecule has 1 aliphatic heterocycles.